The molecule has 0 radical (unpaired) electrons. The third kappa shape index (κ3) is 2.52. The van der Waals surface area contributed by atoms with Gasteiger partial charge in [0.05, 0.1) is 0 Å². The lowest BCUT2D eigenvalue weighted by Crippen LogP contribution is -2.48. The van der Waals surface area contributed by atoms with Crippen molar-refractivity contribution >= 4 is 11.8 Å². The van der Waals surface area contributed by atoms with E-state index in [0.717, 1.165) is 25.2 Å². The predicted octanol–water partition coefficient (Wildman–Crippen LogP) is 1.30. The molecule has 3 fully saturated rings. The van der Waals surface area contributed by atoms with Gasteiger partial charge in [0.15, 0.2) is 0 Å². The summed E-state index contributed by atoms with van der Waals surface area (Å²) in [6, 6.07) is 0.0561. The van der Waals surface area contributed by atoms with Gasteiger partial charge in [-0.05, 0) is 38.0 Å². The molecule has 4 heteroatoms. The number of nitrogens with zero attached hydrogens (tertiary/aromatic N) is 1. The first-order chi connectivity index (χ1) is 8.65. The molecule has 0 aromatic heterocycles. The Morgan fingerprint density at radius 1 is 1.28 bits per heavy atom. The molecule has 3 aliphatic rings. The van der Waals surface area contributed by atoms with Crippen molar-refractivity contribution in [1.29, 1.82) is 0 Å². The Hall–Kier alpha value is -1.06. The van der Waals surface area contributed by atoms with Gasteiger partial charge in [0.1, 0.15) is 6.04 Å². The Morgan fingerprint density at radius 3 is 2.61 bits per heavy atom. The summed E-state index contributed by atoms with van der Waals surface area (Å²) in [6.07, 6.45) is 6.37. The van der Waals surface area contributed by atoms with E-state index in [2.05, 4.69) is 12.2 Å². The summed E-state index contributed by atoms with van der Waals surface area (Å²) in [4.78, 5) is 26.2. The monoisotopic (exact) mass is 250 g/mol. The topological polar surface area (TPSA) is 49.4 Å². The Balaban J connectivity index is 1.70. The summed E-state index contributed by atoms with van der Waals surface area (Å²) in [5, 5.41) is 2.91. The summed E-state index contributed by atoms with van der Waals surface area (Å²) in [5.41, 5.74) is 0. The van der Waals surface area contributed by atoms with Crippen LogP contribution in [0.3, 0.4) is 0 Å². The van der Waals surface area contributed by atoms with E-state index in [1.807, 2.05) is 4.90 Å². The Bertz CT molecular complexity index is 361. The van der Waals surface area contributed by atoms with Gasteiger partial charge in [-0.15, -0.1) is 0 Å². The number of nitrogens with one attached hydrogen (secondary N) is 1. The first kappa shape index (κ1) is 12.0. The molecule has 100 valence electrons. The second-order valence-electron chi connectivity index (χ2n) is 6.19. The molecule has 1 heterocycles. The van der Waals surface area contributed by atoms with E-state index in [1.165, 1.54) is 12.8 Å². The smallest absolute Gasteiger partial charge is 0.245 e. The zero-order valence-electron chi connectivity index (χ0n) is 11.0. The highest BCUT2D eigenvalue weighted by atomic mass is 16.2. The molecule has 2 atom stereocenters. The maximum Gasteiger partial charge on any atom is 0.245 e. The van der Waals surface area contributed by atoms with Crippen LogP contribution in [0.25, 0.3) is 0 Å². The number of amides is 2. The molecular weight excluding hydrogens is 228 g/mol. The van der Waals surface area contributed by atoms with Crippen molar-refractivity contribution in [2.24, 2.45) is 11.8 Å². The molecule has 0 aromatic carbocycles. The zero-order chi connectivity index (χ0) is 12.7. The van der Waals surface area contributed by atoms with E-state index in [0.29, 0.717) is 24.9 Å². The standard InChI is InChI=1S/C14H22N2O2/c1-9(8-10-2-3-10)16-7-6-12(17)15-13(14(16)18)11-4-5-11/h9-11,13H,2-8H2,1H3,(H,15,17). The van der Waals surface area contributed by atoms with Crippen molar-refractivity contribution in [3.05, 3.63) is 0 Å². The van der Waals surface area contributed by atoms with Gasteiger partial charge < -0.3 is 10.2 Å². The summed E-state index contributed by atoms with van der Waals surface area (Å²) in [7, 11) is 0. The minimum atomic E-state index is -0.235. The van der Waals surface area contributed by atoms with Crippen LogP contribution < -0.4 is 5.32 Å². The first-order valence-electron chi connectivity index (χ1n) is 7.25. The van der Waals surface area contributed by atoms with E-state index < -0.39 is 0 Å². The van der Waals surface area contributed by atoms with Crippen molar-refractivity contribution in [2.75, 3.05) is 6.54 Å². The fourth-order valence-corrected chi connectivity index (χ4v) is 2.97. The Morgan fingerprint density at radius 2 is 2.00 bits per heavy atom. The fourth-order valence-electron chi connectivity index (χ4n) is 2.97. The van der Waals surface area contributed by atoms with Gasteiger partial charge in [0, 0.05) is 19.0 Å². The second-order valence-corrected chi connectivity index (χ2v) is 6.19. The third-order valence-corrected chi connectivity index (χ3v) is 4.44. The van der Waals surface area contributed by atoms with E-state index in [9.17, 15) is 9.59 Å². The molecule has 2 unspecified atom stereocenters. The fraction of sp³-hybridized carbons (Fsp3) is 0.857. The number of hydrogen-bond donors (Lipinski definition) is 1. The SMILES string of the molecule is CC(CC1CC1)N1CCC(=O)NC(C2CC2)C1=O. The molecule has 1 aliphatic heterocycles. The highest BCUT2D eigenvalue weighted by Gasteiger charge is 2.42. The minimum Gasteiger partial charge on any atom is -0.344 e. The molecule has 1 saturated heterocycles. The van der Waals surface area contributed by atoms with Gasteiger partial charge in [-0.25, -0.2) is 0 Å². The molecule has 3 rings (SSSR count). The van der Waals surface area contributed by atoms with Gasteiger partial charge >= 0.3 is 0 Å². The maximum absolute atomic E-state index is 12.5. The number of carbonyl (C=O) groups excluding carboxylic acids is 2. The molecule has 0 bridgehead atoms. The van der Waals surface area contributed by atoms with Crippen molar-refractivity contribution in [1.82, 2.24) is 10.2 Å². The molecule has 1 N–H and O–H groups in total. The van der Waals surface area contributed by atoms with Crippen molar-refractivity contribution in [3.8, 4) is 0 Å². The van der Waals surface area contributed by atoms with Crippen LogP contribution in [0, 0.1) is 11.8 Å². The largest absolute Gasteiger partial charge is 0.344 e. The quantitative estimate of drug-likeness (QED) is 0.817. The van der Waals surface area contributed by atoms with Crippen molar-refractivity contribution in [3.63, 3.8) is 0 Å². The maximum atomic E-state index is 12.5. The second kappa shape index (κ2) is 4.56. The van der Waals surface area contributed by atoms with Crippen LogP contribution in [-0.2, 0) is 9.59 Å². The number of hydrogen-bond acceptors (Lipinski definition) is 2. The summed E-state index contributed by atoms with van der Waals surface area (Å²) in [6.45, 7) is 2.73. The Labute approximate surface area is 108 Å². The molecule has 4 nitrogen and oxygen atoms in total. The van der Waals surface area contributed by atoms with Crippen LogP contribution in [0.2, 0.25) is 0 Å². The summed E-state index contributed by atoms with van der Waals surface area (Å²) in [5.74, 6) is 1.42. The molecule has 2 aliphatic carbocycles. The van der Waals surface area contributed by atoms with Crippen LogP contribution in [0.15, 0.2) is 0 Å². The summed E-state index contributed by atoms with van der Waals surface area (Å²) >= 11 is 0. The van der Waals surface area contributed by atoms with Crippen LogP contribution >= 0.6 is 0 Å². The summed E-state index contributed by atoms with van der Waals surface area (Å²) < 4.78 is 0. The van der Waals surface area contributed by atoms with Gasteiger partial charge in [-0.1, -0.05) is 12.8 Å². The first-order valence-corrected chi connectivity index (χ1v) is 7.25. The van der Waals surface area contributed by atoms with Crippen LogP contribution in [0.1, 0.15) is 45.4 Å². The molecule has 0 aromatic rings. The molecule has 2 amide bonds. The van der Waals surface area contributed by atoms with Gasteiger partial charge in [0.25, 0.3) is 0 Å². The van der Waals surface area contributed by atoms with Gasteiger partial charge in [-0.2, -0.15) is 0 Å². The predicted molar refractivity (Wildman–Crippen MR) is 67.8 cm³/mol. The molecule has 2 saturated carbocycles. The van der Waals surface area contributed by atoms with Crippen LogP contribution in [-0.4, -0.2) is 35.3 Å². The van der Waals surface area contributed by atoms with E-state index in [-0.39, 0.29) is 17.9 Å². The molecule has 0 spiro atoms. The molecule has 18 heavy (non-hydrogen) atoms. The average molecular weight is 250 g/mol. The van der Waals surface area contributed by atoms with Crippen LogP contribution in [0.4, 0.5) is 0 Å². The molecular formula is C14H22N2O2. The lowest BCUT2D eigenvalue weighted by atomic mass is 10.1. The van der Waals surface area contributed by atoms with E-state index in [4.69, 9.17) is 0 Å². The number of rotatable bonds is 4. The van der Waals surface area contributed by atoms with Crippen molar-refractivity contribution < 1.29 is 9.59 Å². The highest BCUT2D eigenvalue weighted by Crippen LogP contribution is 2.37. The third-order valence-electron chi connectivity index (χ3n) is 4.44. The van der Waals surface area contributed by atoms with E-state index >= 15 is 0 Å². The lowest BCUT2D eigenvalue weighted by Gasteiger charge is -2.30. The van der Waals surface area contributed by atoms with E-state index in [1.54, 1.807) is 0 Å². The lowest BCUT2D eigenvalue weighted by molar-refractivity contribution is -0.136. The number of carbonyl (C=O) groups is 2. The average Bonchev–Trinajstić information content (AvgIpc) is 3.13. The van der Waals surface area contributed by atoms with Gasteiger partial charge in [-0.3, -0.25) is 9.59 Å². The Kier molecular flexibility index (Phi) is 3.04. The van der Waals surface area contributed by atoms with Crippen LogP contribution in [0.5, 0.6) is 0 Å². The zero-order valence-corrected chi connectivity index (χ0v) is 11.0. The van der Waals surface area contributed by atoms with Gasteiger partial charge in [0.2, 0.25) is 11.8 Å². The van der Waals surface area contributed by atoms with Crippen molar-refractivity contribution in [2.45, 2.75) is 57.5 Å². The normalized spacial score (nSPS) is 30.9. The minimum absolute atomic E-state index is 0.0429. The highest BCUT2D eigenvalue weighted by molar-refractivity contribution is 5.90.